The monoisotopic (exact) mass is 341 g/mol. The van der Waals surface area contributed by atoms with E-state index >= 15 is 0 Å². The molecule has 0 radical (unpaired) electrons. The van der Waals surface area contributed by atoms with Gasteiger partial charge in [-0.15, -0.1) is 0 Å². The number of phenols is 1. The molecule has 3 aromatic carbocycles. The maximum absolute atomic E-state index is 12.2. The first-order valence-corrected chi connectivity index (χ1v) is 7.22. The molecule has 0 saturated heterocycles. The van der Waals surface area contributed by atoms with E-state index in [-0.39, 0.29) is 11.7 Å². The summed E-state index contributed by atoms with van der Waals surface area (Å²) in [4.78, 5) is 12.2. The lowest BCUT2D eigenvalue weighted by molar-refractivity contribution is 0.102. The Labute approximate surface area is 130 Å². The number of rotatable bonds is 2. The lowest BCUT2D eigenvalue weighted by Crippen LogP contribution is -2.11. The van der Waals surface area contributed by atoms with Gasteiger partial charge in [-0.25, -0.2) is 0 Å². The fourth-order valence-electron chi connectivity index (χ4n) is 2.18. The van der Waals surface area contributed by atoms with E-state index in [9.17, 15) is 9.90 Å². The fourth-order valence-corrected chi connectivity index (χ4v) is 2.66. The van der Waals surface area contributed by atoms with E-state index in [1.807, 2.05) is 36.4 Å². The second-order valence-electron chi connectivity index (χ2n) is 4.64. The molecule has 0 aliphatic carbocycles. The van der Waals surface area contributed by atoms with Crippen LogP contribution in [0, 0.1) is 0 Å². The molecule has 0 unspecified atom stereocenters. The maximum atomic E-state index is 12.2. The summed E-state index contributed by atoms with van der Waals surface area (Å²) in [5.41, 5.74) is 1.26. The zero-order valence-corrected chi connectivity index (χ0v) is 12.6. The number of fused-ring (bicyclic) bond motifs is 1. The number of hydrogen-bond donors (Lipinski definition) is 2. The number of anilines is 1. The minimum Gasteiger partial charge on any atom is -0.508 e. The number of hydrogen-bond acceptors (Lipinski definition) is 2. The van der Waals surface area contributed by atoms with Gasteiger partial charge in [-0.2, -0.15) is 0 Å². The Bertz CT molecular complexity index is 813. The average molecular weight is 342 g/mol. The lowest BCUT2D eigenvalue weighted by atomic mass is 10.1. The van der Waals surface area contributed by atoms with Gasteiger partial charge in [0.05, 0.1) is 0 Å². The first kappa shape index (κ1) is 13.6. The number of halogens is 1. The Morgan fingerprint density at radius 3 is 2.29 bits per heavy atom. The molecule has 0 aliphatic heterocycles. The second-order valence-corrected chi connectivity index (χ2v) is 5.50. The normalized spacial score (nSPS) is 10.5. The Hall–Kier alpha value is -2.33. The molecule has 3 rings (SSSR count). The van der Waals surface area contributed by atoms with Gasteiger partial charge in [0.25, 0.3) is 5.91 Å². The lowest BCUT2D eigenvalue weighted by Gasteiger charge is -2.10. The van der Waals surface area contributed by atoms with Gasteiger partial charge in [0, 0.05) is 21.1 Å². The summed E-state index contributed by atoms with van der Waals surface area (Å²) in [7, 11) is 0. The molecular weight excluding hydrogens is 330 g/mol. The maximum Gasteiger partial charge on any atom is 0.255 e. The van der Waals surface area contributed by atoms with Crippen LogP contribution in [-0.4, -0.2) is 11.0 Å². The van der Waals surface area contributed by atoms with Gasteiger partial charge >= 0.3 is 0 Å². The third-order valence-corrected chi connectivity index (χ3v) is 3.94. The van der Waals surface area contributed by atoms with Crippen molar-refractivity contribution in [2.75, 3.05) is 5.32 Å². The van der Waals surface area contributed by atoms with Gasteiger partial charge in [-0.3, -0.25) is 4.79 Å². The quantitative estimate of drug-likeness (QED) is 0.717. The van der Waals surface area contributed by atoms with Gasteiger partial charge in [-0.1, -0.05) is 40.2 Å². The number of nitrogens with one attached hydrogen (secondary N) is 1. The highest BCUT2D eigenvalue weighted by atomic mass is 79.9. The summed E-state index contributed by atoms with van der Waals surface area (Å²) >= 11 is 3.51. The van der Waals surface area contributed by atoms with Crippen LogP contribution in [0.1, 0.15) is 10.4 Å². The van der Waals surface area contributed by atoms with E-state index in [2.05, 4.69) is 21.2 Å². The van der Waals surface area contributed by atoms with Gasteiger partial charge in [0.2, 0.25) is 0 Å². The van der Waals surface area contributed by atoms with E-state index in [4.69, 9.17) is 0 Å². The molecule has 2 N–H and O–H groups in total. The highest BCUT2D eigenvalue weighted by Crippen LogP contribution is 2.30. The fraction of sp³-hybridized carbons (Fsp3) is 0. The van der Waals surface area contributed by atoms with E-state index in [1.165, 1.54) is 12.1 Å². The van der Waals surface area contributed by atoms with Crippen LogP contribution in [0.15, 0.2) is 65.1 Å². The van der Waals surface area contributed by atoms with E-state index in [0.29, 0.717) is 5.56 Å². The van der Waals surface area contributed by atoms with Crippen molar-refractivity contribution >= 4 is 38.3 Å². The van der Waals surface area contributed by atoms with Crippen LogP contribution in [-0.2, 0) is 0 Å². The molecule has 0 atom stereocenters. The molecule has 0 spiro atoms. The number of carbonyl (C=O) groups excluding carboxylic acids is 1. The topological polar surface area (TPSA) is 49.3 Å². The molecule has 1 amide bonds. The van der Waals surface area contributed by atoms with Crippen molar-refractivity contribution in [2.45, 2.75) is 0 Å². The van der Waals surface area contributed by atoms with Crippen molar-refractivity contribution in [1.29, 1.82) is 0 Å². The predicted octanol–water partition coefficient (Wildman–Crippen LogP) is 4.56. The predicted molar refractivity (Wildman–Crippen MR) is 87.7 cm³/mol. The van der Waals surface area contributed by atoms with Gasteiger partial charge in [-0.05, 0) is 41.8 Å². The molecule has 21 heavy (non-hydrogen) atoms. The molecule has 0 bridgehead atoms. The first-order chi connectivity index (χ1) is 10.1. The molecule has 3 aromatic rings. The van der Waals surface area contributed by atoms with Gasteiger partial charge in [0.15, 0.2) is 0 Å². The Morgan fingerprint density at radius 1 is 0.905 bits per heavy atom. The minimum atomic E-state index is -0.206. The standard InChI is InChI=1S/C17H12BrNO2/c18-15-9-10-16(14-4-2-1-3-13(14)15)19-17(21)11-5-7-12(20)8-6-11/h1-10,20H,(H,19,21). The van der Waals surface area contributed by atoms with Crippen molar-refractivity contribution < 1.29 is 9.90 Å². The molecule has 0 aliphatic rings. The molecule has 0 fully saturated rings. The molecule has 0 saturated carbocycles. The minimum absolute atomic E-state index is 0.139. The van der Waals surface area contributed by atoms with E-state index in [1.54, 1.807) is 12.1 Å². The smallest absolute Gasteiger partial charge is 0.255 e. The Kier molecular flexibility index (Phi) is 3.62. The molecule has 3 nitrogen and oxygen atoms in total. The third-order valence-electron chi connectivity index (χ3n) is 3.25. The van der Waals surface area contributed by atoms with Crippen LogP contribution in [0.4, 0.5) is 5.69 Å². The van der Waals surface area contributed by atoms with Crippen LogP contribution in [0.3, 0.4) is 0 Å². The van der Waals surface area contributed by atoms with Gasteiger partial charge < -0.3 is 10.4 Å². The molecule has 0 aromatic heterocycles. The SMILES string of the molecule is O=C(Nc1ccc(Br)c2ccccc12)c1ccc(O)cc1. The zero-order chi connectivity index (χ0) is 14.8. The van der Waals surface area contributed by atoms with Crippen molar-refractivity contribution in [3.63, 3.8) is 0 Å². The van der Waals surface area contributed by atoms with Crippen LogP contribution >= 0.6 is 15.9 Å². The number of carbonyl (C=O) groups is 1. The molecule has 104 valence electrons. The Morgan fingerprint density at radius 2 is 1.57 bits per heavy atom. The highest BCUT2D eigenvalue weighted by Gasteiger charge is 2.09. The summed E-state index contributed by atoms with van der Waals surface area (Å²) < 4.78 is 0.987. The van der Waals surface area contributed by atoms with E-state index < -0.39 is 0 Å². The number of aromatic hydroxyl groups is 1. The third kappa shape index (κ3) is 2.76. The van der Waals surface area contributed by atoms with Crippen LogP contribution < -0.4 is 5.32 Å². The molecule has 0 heterocycles. The van der Waals surface area contributed by atoms with Crippen molar-refractivity contribution in [3.05, 3.63) is 70.7 Å². The average Bonchev–Trinajstić information content (AvgIpc) is 2.51. The number of phenolic OH excluding ortho intramolecular Hbond substituents is 1. The number of benzene rings is 3. The summed E-state index contributed by atoms with van der Waals surface area (Å²) in [6.07, 6.45) is 0. The summed E-state index contributed by atoms with van der Waals surface area (Å²) in [5.74, 6) is -0.0666. The summed E-state index contributed by atoms with van der Waals surface area (Å²) in [6, 6.07) is 17.8. The van der Waals surface area contributed by atoms with E-state index in [0.717, 1.165) is 20.9 Å². The first-order valence-electron chi connectivity index (χ1n) is 6.43. The summed E-state index contributed by atoms with van der Waals surface area (Å²) in [6.45, 7) is 0. The van der Waals surface area contributed by atoms with Crippen LogP contribution in [0.5, 0.6) is 5.75 Å². The molecule has 4 heteroatoms. The second kappa shape index (κ2) is 5.58. The van der Waals surface area contributed by atoms with Crippen molar-refractivity contribution in [3.8, 4) is 5.75 Å². The van der Waals surface area contributed by atoms with Crippen molar-refractivity contribution in [2.24, 2.45) is 0 Å². The zero-order valence-electron chi connectivity index (χ0n) is 11.0. The number of amides is 1. The van der Waals surface area contributed by atoms with Crippen LogP contribution in [0.2, 0.25) is 0 Å². The Balaban J connectivity index is 1.97. The largest absolute Gasteiger partial charge is 0.508 e. The molecular formula is C17H12BrNO2. The van der Waals surface area contributed by atoms with Gasteiger partial charge in [0.1, 0.15) is 5.75 Å². The summed E-state index contributed by atoms with van der Waals surface area (Å²) in [5, 5.41) is 14.2. The van der Waals surface area contributed by atoms with Crippen LogP contribution in [0.25, 0.3) is 10.8 Å². The highest BCUT2D eigenvalue weighted by molar-refractivity contribution is 9.10. The van der Waals surface area contributed by atoms with Crippen molar-refractivity contribution in [1.82, 2.24) is 0 Å².